The molecule has 0 radical (unpaired) electrons. The quantitative estimate of drug-likeness (QED) is 0.698. The summed E-state index contributed by atoms with van der Waals surface area (Å²) in [5, 5.41) is 0. The Hall–Kier alpha value is -1.50. The molecular weight excluding hydrogens is 158 g/mol. The molecule has 0 unspecified atom stereocenters. The average molecular weight is 173 g/mol. The van der Waals surface area contributed by atoms with Gasteiger partial charge in [0.05, 0.1) is 0 Å². The van der Waals surface area contributed by atoms with E-state index in [-0.39, 0.29) is 0 Å². The molecule has 0 heterocycles. The zero-order chi connectivity index (χ0) is 9.52. The summed E-state index contributed by atoms with van der Waals surface area (Å²) in [6, 6.07) is 8.50. The summed E-state index contributed by atoms with van der Waals surface area (Å²) in [5.41, 5.74) is 7.84. The van der Waals surface area contributed by atoms with Gasteiger partial charge in [0.1, 0.15) is 0 Å². The Morgan fingerprint density at radius 3 is 2.85 bits per heavy atom. The van der Waals surface area contributed by atoms with E-state index in [2.05, 4.69) is 37.3 Å². The lowest BCUT2D eigenvalue weighted by atomic mass is 10.1. The Labute approximate surface area is 79.6 Å². The van der Waals surface area contributed by atoms with Crippen molar-refractivity contribution in [3.05, 3.63) is 59.8 Å². The van der Waals surface area contributed by atoms with E-state index >= 15 is 0 Å². The van der Waals surface area contributed by atoms with Crippen molar-refractivity contribution in [3.8, 4) is 0 Å². The summed E-state index contributed by atoms with van der Waals surface area (Å²) < 4.78 is 0. The van der Waals surface area contributed by atoms with Crippen molar-refractivity contribution in [1.82, 2.24) is 0 Å². The first-order chi connectivity index (χ1) is 6.33. The van der Waals surface area contributed by atoms with Crippen LogP contribution in [0.2, 0.25) is 0 Å². The molecular formula is C12H15N. The second kappa shape index (κ2) is 5.20. The van der Waals surface area contributed by atoms with Crippen molar-refractivity contribution in [2.24, 2.45) is 5.73 Å². The number of hydrogen-bond donors (Lipinski definition) is 1. The predicted molar refractivity (Wildman–Crippen MR) is 57.4 cm³/mol. The number of allylic oxidation sites excluding steroid dienone is 3. The first-order valence-corrected chi connectivity index (χ1v) is 4.42. The molecule has 0 fully saturated rings. The molecule has 1 aromatic rings. The van der Waals surface area contributed by atoms with Gasteiger partial charge in [-0.05, 0) is 31.2 Å². The van der Waals surface area contributed by atoms with Crippen molar-refractivity contribution < 1.29 is 0 Å². The minimum absolute atomic E-state index is 0.964. The van der Waals surface area contributed by atoms with Gasteiger partial charge < -0.3 is 5.73 Å². The van der Waals surface area contributed by atoms with Crippen LogP contribution in [0.4, 0.5) is 0 Å². The molecule has 13 heavy (non-hydrogen) atoms. The number of hydrogen-bond acceptors (Lipinski definition) is 1. The highest BCUT2D eigenvalue weighted by Gasteiger charge is 1.88. The highest BCUT2D eigenvalue weighted by atomic mass is 14.5. The van der Waals surface area contributed by atoms with Gasteiger partial charge in [0.15, 0.2) is 0 Å². The minimum Gasteiger partial charge on any atom is -0.405 e. The molecule has 2 N–H and O–H groups in total. The Balaban J connectivity index is 2.54. The van der Waals surface area contributed by atoms with Crippen LogP contribution in [0, 0.1) is 6.92 Å². The van der Waals surface area contributed by atoms with Crippen molar-refractivity contribution >= 4 is 0 Å². The Morgan fingerprint density at radius 2 is 2.15 bits per heavy atom. The molecule has 0 bridgehead atoms. The highest BCUT2D eigenvalue weighted by Crippen LogP contribution is 2.04. The second-order valence-corrected chi connectivity index (χ2v) is 3.01. The van der Waals surface area contributed by atoms with Gasteiger partial charge in [0.25, 0.3) is 0 Å². The normalized spacial score (nSPS) is 11.5. The fourth-order valence-electron chi connectivity index (χ4n) is 1.19. The van der Waals surface area contributed by atoms with Crippen molar-refractivity contribution in [3.63, 3.8) is 0 Å². The molecule has 0 amide bonds. The fourth-order valence-corrected chi connectivity index (χ4v) is 1.19. The van der Waals surface area contributed by atoms with Crippen LogP contribution >= 0.6 is 0 Å². The van der Waals surface area contributed by atoms with Gasteiger partial charge >= 0.3 is 0 Å². The van der Waals surface area contributed by atoms with E-state index in [1.807, 2.05) is 12.2 Å². The van der Waals surface area contributed by atoms with E-state index in [1.165, 1.54) is 17.3 Å². The van der Waals surface area contributed by atoms with Crippen LogP contribution in [-0.4, -0.2) is 0 Å². The summed E-state index contributed by atoms with van der Waals surface area (Å²) in [6.45, 7) is 2.10. The number of benzene rings is 1. The van der Waals surface area contributed by atoms with Gasteiger partial charge in [-0.25, -0.2) is 0 Å². The second-order valence-electron chi connectivity index (χ2n) is 3.01. The van der Waals surface area contributed by atoms with Crippen molar-refractivity contribution in [1.29, 1.82) is 0 Å². The van der Waals surface area contributed by atoms with Crippen LogP contribution in [0.5, 0.6) is 0 Å². The molecule has 68 valence electrons. The molecule has 1 heteroatoms. The van der Waals surface area contributed by atoms with Crippen LogP contribution in [-0.2, 0) is 6.42 Å². The van der Waals surface area contributed by atoms with Crippen molar-refractivity contribution in [2.75, 3.05) is 0 Å². The van der Waals surface area contributed by atoms with E-state index in [9.17, 15) is 0 Å². The van der Waals surface area contributed by atoms with Crippen LogP contribution in [0.1, 0.15) is 11.1 Å². The molecule has 1 aromatic carbocycles. The third kappa shape index (κ3) is 3.61. The Kier molecular flexibility index (Phi) is 3.83. The Bertz CT molecular complexity index is 311. The number of rotatable bonds is 3. The minimum atomic E-state index is 0.964. The zero-order valence-corrected chi connectivity index (χ0v) is 7.90. The van der Waals surface area contributed by atoms with Gasteiger partial charge in [-0.2, -0.15) is 0 Å². The third-order valence-corrected chi connectivity index (χ3v) is 1.79. The molecule has 0 spiro atoms. The molecule has 0 aliphatic carbocycles. The first-order valence-electron chi connectivity index (χ1n) is 4.42. The summed E-state index contributed by atoms with van der Waals surface area (Å²) in [4.78, 5) is 0. The van der Waals surface area contributed by atoms with Crippen LogP contribution in [0.25, 0.3) is 0 Å². The number of nitrogens with two attached hydrogens (primary N) is 1. The molecule has 0 atom stereocenters. The number of aryl methyl sites for hydroxylation is 1. The van der Waals surface area contributed by atoms with E-state index in [0.29, 0.717) is 0 Å². The topological polar surface area (TPSA) is 26.0 Å². The van der Waals surface area contributed by atoms with Gasteiger partial charge in [-0.15, -0.1) is 0 Å². The lowest BCUT2D eigenvalue weighted by Gasteiger charge is -1.96. The van der Waals surface area contributed by atoms with Crippen LogP contribution in [0.3, 0.4) is 0 Å². The largest absolute Gasteiger partial charge is 0.405 e. The molecule has 0 aromatic heterocycles. The lowest BCUT2D eigenvalue weighted by molar-refractivity contribution is 1.25. The molecule has 1 nitrogen and oxygen atoms in total. The molecule has 1 rings (SSSR count). The van der Waals surface area contributed by atoms with Crippen molar-refractivity contribution in [2.45, 2.75) is 13.3 Å². The predicted octanol–water partition coefficient (Wildman–Crippen LogP) is 2.57. The van der Waals surface area contributed by atoms with E-state index < -0.39 is 0 Å². The first kappa shape index (κ1) is 9.59. The maximum atomic E-state index is 5.20. The van der Waals surface area contributed by atoms with E-state index in [4.69, 9.17) is 5.73 Å². The average Bonchev–Trinajstić information content (AvgIpc) is 2.13. The highest BCUT2D eigenvalue weighted by molar-refractivity contribution is 5.24. The smallest absolute Gasteiger partial charge is 0.00625 e. The SMILES string of the molecule is Cc1cccc(C/C=C\C=C/N)c1. The summed E-state index contributed by atoms with van der Waals surface area (Å²) >= 11 is 0. The summed E-state index contributed by atoms with van der Waals surface area (Å²) in [6.07, 6.45) is 8.38. The standard InChI is InChI=1S/C12H15N/c1-11-6-5-8-12(10-11)7-3-2-4-9-13/h2-6,8-10H,7,13H2,1H3/b3-2-,9-4-. The zero-order valence-electron chi connectivity index (χ0n) is 7.90. The summed E-state index contributed by atoms with van der Waals surface area (Å²) in [7, 11) is 0. The lowest BCUT2D eigenvalue weighted by Crippen LogP contribution is -1.81. The maximum Gasteiger partial charge on any atom is -0.00625 e. The van der Waals surface area contributed by atoms with Crippen LogP contribution in [0.15, 0.2) is 48.7 Å². The summed E-state index contributed by atoms with van der Waals surface area (Å²) in [5.74, 6) is 0. The Morgan fingerprint density at radius 1 is 1.31 bits per heavy atom. The van der Waals surface area contributed by atoms with Gasteiger partial charge in [0.2, 0.25) is 0 Å². The fraction of sp³-hybridized carbons (Fsp3) is 0.167. The van der Waals surface area contributed by atoms with Gasteiger partial charge in [0, 0.05) is 0 Å². The molecule has 0 aliphatic rings. The molecule has 0 saturated carbocycles. The third-order valence-electron chi connectivity index (χ3n) is 1.79. The van der Waals surface area contributed by atoms with Gasteiger partial charge in [-0.1, -0.05) is 42.0 Å². The van der Waals surface area contributed by atoms with E-state index in [0.717, 1.165) is 6.42 Å². The van der Waals surface area contributed by atoms with E-state index in [1.54, 1.807) is 0 Å². The van der Waals surface area contributed by atoms with Crippen LogP contribution < -0.4 is 5.73 Å². The van der Waals surface area contributed by atoms with Gasteiger partial charge in [-0.3, -0.25) is 0 Å². The molecule has 0 aliphatic heterocycles. The maximum absolute atomic E-state index is 5.20. The molecule has 0 saturated heterocycles. The monoisotopic (exact) mass is 173 g/mol.